The van der Waals surface area contributed by atoms with Crippen LogP contribution in [0, 0.1) is 0 Å². The van der Waals surface area contributed by atoms with Gasteiger partial charge in [0.1, 0.15) is 18.0 Å². The molecule has 0 saturated carbocycles. The number of hydrogen-bond donors (Lipinski definition) is 3. The molecule has 2 heterocycles. The number of carbonyl (C=O) groups is 1. The third-order valence-corrected chi connectivity index (χ3v) is 2.56. The number of nitrogens with two attached hydrogens (primary N) is 1. The van der Waals surface area contributed by atoms with Gasteiger partial charge in [0.05, 0.1) is 18.5 Å². The summed E-state index contributed by atoms with van der Waals surface area (Å²) in [5.74, 6) is 0.793. The summed E-state index contributed by atoms with van der Waals surface area (Å²) in [6.07, 6.45) is 1.37. The highest BCUT2D eigenvalue weighted by Crippen LogP contribution is 2.17. The van der Waals surface area contributed by atoms with Crippen LogP contribution in [0.25, 0.3) is 11.0 Å². The van der Waals surface area contributed by atoms with E-state index in [1.54, 1.807) is 19.2 Å². The number of pyridine rings is 1. The van der Waals surface area contributed by atoms with Gasteiger partial charge >= 0.3 is 0 Å². The molecule has 4 N–H and O–H groups in total. The summed E-state index contributed by atoms with van der Waals surface area (Å²) in [5.41, 5.74) is 6.08. The van der Waals surface area contributed by atoms with E-state index in [9.17, 15) is 4.79 Å². The lowest BCUT2D eigenvalue weighted by Gasteiger charge is -2.08. The van der Waals surface area contributed by atoms with Gasteiger partial charge in [0.15, 0.2) is 5.65 Å². The first-order chi connectivity index (χ1) is 9.70. The Labute approximate surface area is 115 Å². The van der Waals surface area contributed by atoms with Crippen molar-refractivity contribution in [2.24, 2.45) is 0 Å². The van der Waals surface area contributed by atoms with Crippen molar-refractivity contribution in [3.63, 3.8) is 0 Å². The van der Waals surface area contributed by atoms with Gasteiger partial charge in [-0.1, -0.05) is 0 Å². The van der Waals surface area contributed by atoms with E-state index in [1.165, 1.54) is 6.33 Å². The average Bonchev–Trinajstić information content (AvgIpc) is 2.45. The number of nitrogens with one attached hydrogen (secondary N) is 2. The number of aromatic nitrogens is 3. The zero-order chi connectivity index (χ0) is 14.4. The molecule has 0 radical (unpaired) electrons. The van der Waals surface area contributed by atoms with Crippen LogP contribution in [0.2, 0.25) is 0 Å². The van der Waals surface area contributed by atoms with E-state index in [-0.39, 0.29) is 12.5 Å². The van der Waals surface area contributed by atoms with Gasteiger partial charge in [0, 0.05) is 13.7 Å². The Hall–Kier alpha value is -2.48. The molecule has 20 heavy (non-hydrogen) atoms. The van der Waals surface area contributed by atoms with E-state index < -0.39 is 0 Å². The van der Waals surface area contributed by atoms with Crippen LogP contribution in [0.1, 0.15) is 0 Å². The van der Waals surface area contributed by atoms with Gasteiger partial charge in [-0.15, -0.1) is 0 Å². The second-order valence-corrected chi connectivity index (χ2v) is 4.03. The lowest BCUT2D eigenvalue weighted by atomic mass is 10.3. The van der Waals surface area contributed by atoms with Crippen molar-refractivity contribution in [3.8, 4) is 0 Å². The summed E-state index contributed by atoms with van der Waals surface area (Å²) in [7, 11) is 1.58. The molecule has 0 fully saturated rings. The molecule has 0 spiro atoms. The highest BCUT2D eigenvalue weighted by atomic mass is 16.5. The zero-order valence-electron chi connectivity index (χ0n) is 11.1. The normalized spacial score (nSPS) is 10.4. The standard InChI is InChI=1S/C12H16N6O2/c1-20-5-4-14-10(19)6-15-11-8-2-3-9(13)18-12(8)17-7-16-11/h2-3,7H,4-6H2,1H3,(H,14,19)(H3,13,15,16,17,18). The largest absolute Gasteiger partial charge is 0.384 e. The summed E-state index contributed by atoms with van der Waals surface area (Å²) >= 11 is 0. The van der Waals surface area contributed by atoms with Gasteiger partial charge < -0.3 is 21.1 Å². The third-order valence-electron chi connectivity index (χ3n) is 2.56. The number of hydrogen-bond acceptors (Lipinski definition) is 7. The molecule has 0 bridgehead atoms. The van der Waals surface area contributed by atoms with E-state index in [0.717, 1.165) is 0 Å². The second kappa shape index (κ2) is 6.62. The SMILES string of the molecule is COCCNC(=O)CNc1ncnc2nc(N)ccc12. The maximum absolute atomic E-state index is 11.6. The smallest absolute Gasteiger partial charge is 0.239 e. The number of anilines is 2. The van der Waals surface area contributed by atoms with Crippen molar-refractivity contribution in [1.29, 1.82) is 0 Å². The maximum atomic E-state index is 11.6. The Morgan fingerprint density at radius 1 is 1.40 bits per heavy atom. The molecule has 0 aromatic carbocycles. The molecular weight excluding hydrogens is 260 g/mol. The van der Waals surface area contributed by atoms with E-state index >= 15 is 0 Å². The summed E-state index contributed by atoms with van der Waals surface area (Å²) in [5, 5.41) is 6.37. The Morgan fingerprint density at radius 2 is 2.25 bits per heavy atom. The van der Waals surface area contributed by atoms with Crippen molar-refractivity contribution >= 4 is 28.6 Å². The molecule has 2 rings (SSSR count). The first kappa shape index (κ1) is 13.9. The minimum atomic E-state index is -0.141. The molecule has 0 unspecified atom stereocenters. The van der Waals surface area contributed by atoms with Crippen LogP contribution in [-0.4, -0.2) is 47.7 Å². The molecule has 8 nitrogen and oxygen atoms in total. The fraction of sp³-hybridized carbons (Fsp3) is 0.333. The first-order valence-corrected chi connectivity index (χ1v) is 6.07. The number of rotatable bonds is 6. The Kier molecular flexibility index (Phi) is 4.61. The van der Waals surface area contributed by atoms with Crippen LogP contribution in [0.4, 0.5) is 11.6 Å². The van der Waals surface area contributed by atoms with Crippen molar-refractivity contribution < 1.29 is 9.53 Å². The maximum Gasteiger partial charge on any atom is 0.239 e. The highest BCUT2D eigenvalue weighted by molar-refractivity contribution is 5.89. The van der Waals surface area contributed by atoms with E-state index in [4.69, 9.17) is 10.5 Å². The first-order valence-electron chi connectivity index (χ1n) is 6.07. The van der Waals surface area contributed by atoms with Crippen LogP contribution < -0.4 is 16.4 Å². The van der Waals surface area contributed by atoms with Crippen LogP contribution in [0.15, 0.2) is 18.5 Å². The molecule has 0 aliphatic heterocycles. The summed E-state index contributed by atoms with van der Waals surface area (Å²) in [4.78, 5) is 23.8. The highest BCUT2D eigenvalue weighted by Gasteiger charge is 2.06. The number of nitrogens with zero attached hydrogens (tertiary/aromatic N) is 3. The van der Waals surface area contributed by atoms with Gasteiger partial charge in [-0.05, 0) is 12.1 Å². The molecule has 0 saturated heterocycles. The van der Waals surface area contributed by atoms with E-state index in [1.807, 2.05) is 0 Å². The average molecular weight is 276 g/mol. The molecule has 0 aliphatic carbocycles. The quantitative estimate of drug-likeness (QED) is 0.625. The van der Waals surface area contributed by atoms with Crippen molar-refractivity contribution in [1.82, 2.24) is 20.3 Å². The van der Waals surface area contributed by atoms with Crippen molar-refractivity contribution in [3.05, 3.63) is 18.5 Å². The van der Waals surface area contributed by atoms with Gasteiger partial charge in [-0.2, -0.15) is 0 Å². The Balaban J connectivity index is 2.01. The van der Waals surface area contributed by atoms with Crippen molar-refractivity contribution in [2.75, 3.05) is 37.9 Å². The van der Waals surface area contributed by atoms with Gasteiger partial charge in [-0.25, -0.2) is 15.0 Å². The number of amides is 1. The predicted molar refractivity (Wildman–Crippen MR) is 75.1 cm³/mol. The predicted octanol–water partition coefficient (Wildman–Crippen LogP) is -0.218. The molecule has 1 amide bonds. The summed E-state index contributed by atoms with van der Waals surface area (Å²) < 4.78 is 4.85. The lowest BCUT2D eigenvalue weighted by Crippen LogP contribution is -2.32. The minimum absolute atomic E-state index is 0.111. The fourth-order valence-electron chi connectivity index (χ4n) is 1.62. The van der Waals surface area contributed by atoms with Crippen molar-refractivity contribution in [2.45, 2.75) is 0 Å². The van der Waals surface area contributed by atoms with Crippen LogP contribution in [0.5, 0.6) is 0 Å². The van der Waals surface area contributed by atoms with Crippen LogP contribution in [-0.2, 0) is 9.53 Å². The summed E-state index contributed by atoms with van der Waals surface area (Å²) in [6.45, 7) is 1.06. The monoisotopic (exact) mass is 276 g/mol. The number of fused-ring (bicyclic) bond motifs is 1. The van der Waals surface area contributed by atoms with Crippen LogP contribution in [0.3, 0.4) is 0 Å². The number of carbonyl (C=O) groups excluding carboxylic acids is 1. The zero-order valence-corrected chi connectivity index (χ0v) is 11.1. The topological polar surface area (TPSA) is 115 Å². The fourth-order valence-corrected chi connectivity index (χ4v) is 1.62. The molecule has 8 heteroatoms. The minimum Gasteiger partial charge on any atom is -0.384 e. The van der Waals surface area contributed by atoms with Gasteiger partial charge in [-0.3, -0.25) is 4.79 Å². The van der Waals surface area contributed by atoms with Gasteiger partial charge in [0.2, 0.25) is 5.91 Å². The van der Waals surface area contributed by atoms with E-state index in [2.05, 4.69) is 25.6 Å². The number of ether oxygens (including phenoxy) is 1. The Morgan fingerprint density at radius 3 is 3.05 bits per heavy atom. The Bertz CT molecular complexity index is 604. The van der Waals surface area contributed by atoms with Gasteiger partial charge in [0.25, 0.3) is 0 Å². The number of nitrogen functional groups attached to an aromatic ring is 1. The van der Waals surface area contributed by atoms with E-state index in [0.29, 0.717) is 35.8 Å². The molecule has 106 valence electrons. The molecule has 0 atom stereocenters. The lowest BCUT2D eigenvalue weighted by molar-refractivity contribution is -0.119. The third kappa shape index (κ3) is 3.51. The molecule has 2 aromatic heterocycles. The molecule has 0 aliphatic rings. The molecular formula is C12H16N6O2. The second-order valence-electron chi connectivity index (χ2n) is 4.03. The van der Waals surface area contributed by atoms with Crippen LogP contribution >= 0.6 is 0 Å². The number of methoxy groups -OCH3 is 1. The summed E-state index contributed by atoms with van der Waals surface area (Å²) in [6, 6.07) is 3.43. The molecule has 2 aromatic rings.